The Morgan fingerprint density at radius 3 is 2.78 bits per heavy atom. The van der Waals surface area contributed by atoms with Crippen LogP contribution in [0.5, 0.6) is 0 Å². The zero-order valence-corrected chi connectivity index (χ0v) is 10.8. The van der Waals surface area contributed by atoms with Crippen LogP contribution in [0.2, 0.25) is 5.02 Å². The van der Waals surface area contributed by atoms with Crippen molar-refractivity contribution in [3.05, 3.63) is 64.4 Å². The van der Waals surface area contributed by atoms with Crippen molar-refractivity contribution in [2.24, 2.45) is 5.73 Å². The van der Waals surface area contributed by atoms with Crippen LogP contribution in [-0.2, 0) is 6.42 Å². The van der Waals surface area contributed by atoms with Crippen molar-refractivity contribution < 1.29 is 0 Å². The fraction of sp³-hybridized carbons (Fsp3) is 0.267. The zero-order valence-electron chi connectivity index (χ0n) is 10.0. The number of fused-ring (bicyclic) bond motifs is 1. The monoisotopic (exact) mass is 258 g/mol. The van der Waals surface area contributed by atoms with Crippen LogP contribution in [0.4, 0.5) is 0 Å². The Bertz CT molecular complexity index is 551. The maximum atomic E-state index is 6.38. The highest BCUT2D eigenvalue weighted by atomic mass is 35.5. The number of hydrogen-bond acceptors (Lipinski definition) is 2. The van der Waals surface area contributed by atoms with Crippen LogP contribution in [0.25, 0.3) is 0 Å². The number of hydrogen-bond donors (Lipinski definition) is 1. The van der Waals surface area contributed by atoms with E-state index in [0.29, 0.717) is 5.92 Å². The molecule has 2 unspecified atom stereocenters. The summed E-state index contributed by atoms with van der Waals surface area (Å²) in [7, 11) is 0. The van der Waals surface area contributed by atoms with Gasteiger partial charge in [0.25, 0.3) is 0 Å². The number of nitrogens with zero attached hydrogens (tertiary/aromatic N) is 1. The van der Waals surface area contributed by atoms with Gasteiger partial charge in [-0.25, -0.2) is 0 Å². The first-order chi connectivity index (χ1) is 8.75. The number of pyridine rings is 1. The summed E-state index contributed by atoms with van der Waals surface area (Å²) in [4.78, 5) is 4.50. The van der Waals surface area contributed by atoms with Gasteiger partial charge in [0.1, 0.15) is 0 Å². The summed E-state index contributed by atoms with van der Waals surface area (Å²) >= 11 is 5.90. The van der Waals surface area contributed by atoms with Gasteiger partial charge in [-0.1, -0.05) is 29.8 Å². The summed E-state index contributed by atoms with van der Waals surface area (Å²) in [5, 5.41) is 0.746. The second-order valence-corrected chi connectivity index (χ2v) is 5.21. The lowest BCUT2D eigenvalue weighted by molar-refractivity contribution is 0.541. The third-order valence-corrected chi connectivity index (χ3v) is 3.94. The first kappa shape index (κ1) is 11.7. The molecule has 0 fully saturated rings. The molecule has 1 aromatic heterocycles. The predicted octanol–water partition coefficient (Wildman–Crippen LogP) is 3.46. The molecule has 0 saturated heterocycles. The normalized spacial score (nSPS) is 19.6. The van der Waals surface area contributed by atoms with E-state index < -0.39 is 0 Å². The van der Waals surface area contributed by atoms with E-state index >= 15 is 0 Å². The first-order valence-electron chi connectivity index (χ1n) is 6.20. The fourth-order valence-electron chi connectivity index (χ4n) is 2.71. The molecule has 1 aliphatic rings. The molecule has 2 atom stereocenters. The van der Waals surface area contributed by atoms with E-state index in [9.17, 15) is 0 Å². The second-order valence-electron chi connectivity index (χ2n) is 4.77. The highest BCUT2D eigenvalue weighted by molar-refractivity contribution is 6.30. The standard InChI is InChI=1S/C15H15ClN2/c16-12-6-3-10(4-7-12)14(17)13-8-5-11-2-1-9-18-15(11)13/h1-4,6-7,9,13-14H,5,8,17H2. The molecule has 3 rings (SSSR count). The zero-order chi connectivity index (χ0) is 12.5. The van der Waals surface area contributed by atoms with Crippen LogP contribution in [0, 0.1) is 0 Å². The molecule has 1 aliphatic carbocycles. The molecule has 0 radical (unpaired) electrons. The predicted molar refractivity (Wildman–Crippen MR) is 73.7 cm³/mol. The van der Waals surface area contributed by atoms with E-state index in [-0.39, 0.29) is 6.04 Å². The van der Waals surface area contributed by atoms with Crippen molar-refractivity contribution in [2.45, 2.75) is 24.8 Å². The lowest BCUT2D eigenvalue weighted by atomic mass is 9.92. The van der Waals surface area contributed by atoms with Crippen molar-refractivity contribution >= 4 is 11.6 Å². The second kappa shape index (κ2) is 4.71. The average molecular weight is 259 g/mol. The van der Waals surface area contributed by atoms with Crippen molar-refractivity contribution in [3.8, 4) is 0 Å². The molecular weight excluding hydrogens is 244 g/mol. The van der Waals surface area contributed by atoms with Gasteiger partial charge < -0.3 is 5.73 Å². The van der Waals surface area contributed by atoms with E-state index in [4.69, 9.17) is 17.3 Å². The molecule has 0 spiro atoms. The SMILES string of the molecule is NC(c1ccc(Cl)cc1)C1CCc2cccnc21. The molecule has 0 aliphatic heterocycles. The molecule has 18 heavy (non-hydrogen) atoms. The average Bonchev–Trinajstić information content (AvgIpc) is 2.82. The van der Waals surface area contributed by atoms with Gasteiger partial charge in [0.2, 0.25) is 0 Å². The Labute approximate surface area is 112 Å². The van der Waals surface area contributed by atoms with Gasteiger partial charge in [-0.15, -0.1) is 0 Å². The van der Waals surface area contributed by atoms with E-state index in [0.717, 1.165) is 23.4 Å². The Morgan fingerprint density at radius 1 is 1.22 bits per heavy atom. The quantitative estimate of drug-likeness (QED) is 0.896. The molecule has 0 bridgehead atoms. The van der Waals surface area contributed by atoms with Crippen molar-refractivity contribution in [1.82, 2.24) is 4.98 Å². The molecule has 3 heteroatoms. The van der Waals surface area contributed by atoms with E-state index in [2.05, 4.69) is 11.1 Å². The highest BCUT2D eigenvalue weighted by Crippen LogP contribution is 2.39. The van der Waals surface area contributed by atoms with Gasteiger partial charge in [0, 0.05) is 28.9 Å². The lowest BCUT2D eigenvalue weighted by Gasteiger charge is -2.20. The van der Waals surface area contributed by atoms with Gasteiger partial charge in [0.15, 0.2) is 0 Å². The molecule has 2 N–H and O–H groups in total. The van der Waals surface area contributed by atoms with Crippen LogP contribution in [0.1, 0.15) is 35.2 Å². The number of rotatable bonds is 2. The van der Waals surface area contributed by atoms with Gasteiger partial charge in [-0.3, -0.25) is 4.98 Å². The fourth-order valence-corrected chi connectivity index (χ4v) is 2.84. The molecule has 1 heterocycles. The Hall–Kier alpha value is -1.38. The summed E-state index contributed by atoms with van der Waals surface area (Å²) in [5.74, 6) is 0.322. The highest BCUT2D eigenvalue weighted by Gasteiger charge is 2.29. The van der Waals surface area contributed by atoms with Gasteiger partial charge >= 0.3 is 0 Å². The minimum atomic E-state index is -0.00147. The first-order valence-corrected chi connectivity index (χ1v) is 6.58. The number of nitrogens with two attached hydrogens (primary N) is 1. The molecule has 2 aromatic rings. The molecule has 0 saturated carbocycles. The van der Waals surface area contributed by atoms with Crippen molar-refractivity contribution in [1.29, 1.82) is 0 Å². The van der Waals surface area contributed by atoms with Crippen molar-refractivity contribution in [3.63, 3.8) is 0 Å². The smallest absolute Gasteiger partial charge is 0.0485 e. The van der Waals surface area contributed by atoms with E-state index in [1.54, 1.807) is 0 Å². The van der Waals surface area contributed by atoms with Gasteiger partial charge in [-0.05, 0) is 42.2 Å². The van der Waals surface area contributed by atoms with Gasteiger partial charge in [-0.2, -0.15) is 0 Å². The van der Waals surface area contributed by atoms with Crippen LogP contribution in [0.3, 0.4) is 0 Å². The minimum Gasteiger partial charge on any atom is -0.323 e. The lowest BCUT2D eigenvalue weighted by Crippen LogP contribution is -2.18. The van der Waals surface area contributed by atoms with Crippen LogP contribution in [0.15, 0.2) is 42.6 Å². The Kier molecular flexibility index (Phi) is 3.06. The Balaban J connectivity index is 1.90. The maximum absolute atomic E-state index is 6.38. The summed E-state index contributed by atoms with van der Waals surface area (Å²) < 4.78 is 0. The largest absolute Gasteiger partial charge is 0.323 e. The molecular formula is C15H15ClN2. The minimum absolute atomic E-state index is 0.00147. The summed E-state index contributed by atoms with van der Waals surface area (Å²) in [5.41, 5.74) is 10.0. The third kappa shape index (κ3) is 2.02. The van der Waals surface area contributed by atoms with E-state index in [1.165, 1.54) is 11.3 Å². The summed E-state index contributed by atoms with van der Waals surface area (Å²) in [6.45, 7) is 0. The number of aryl methyl sites for hydroxylation is 1. The molecule has 2 nitrogen and oxygen atoms in total. The Morgan fingerprint density at radius 2 is 2.00 bits per heavy atom. The van der Waals surface area contributed by atoms with E-state index in [1.807, 2.05) is 36.5 Å². The van der Waals surface area contributed by atoms with Gasteiger partial charge in [0.05, 0.1) is 0 Å². The maximum Gasteiger partial charge on any atom is 0.0485 e. The van der Waals surface area contributed by atoms with Crippen LogP contribution in [-0.4, -0.2) is 4.98 Å². The van der Waals surface area contributed by atoms with Crippen molar-refractivity contribution in [2.75, 3.05) is 0 Å². The molecule has 0 amide bonds. The number of halogens is 1. The number of benzene rings is 1. The van der Waals surface area contributed by atoms with Crippen LogP contribution < -0.4 is 5.73 Å². The molecule has 1 aromatic carbocycles. The summed E-state index contributed by atoms with van der Waals surface area (Å²) in [6.07, 6.45) is 4.01. The summed E-state index contributed by atoms with van der Waals surface area (Å²) in [6, 6.07) is 11.9. The molecule has 92 valence electrons. The van der Waals surface area contributed by atoms with Crippen LogP contribution >= 0.6 is 11.6 Å². The topological polar surface area (TPSA) is 38.9 Å². The third-order valence-electron chi connectivity index (χ3n) is 3.69. The number of aromatic nitrogens is 1.